The van der Waals surface area contributed by atoms with Crippen molar-refractivity contribution in [1.82, 2.24) is 5.32 Å². The number of benzene rings is 2. The van der Waals surface area contributed by atoms with Gasteiger partial charge in [-0.2, -0.15) is 0 Å². The lowest BCUT2D eigenvalue weighted by atomic mass is 10.3. The van der Waals surface area contributed by atoms with Gasteiger partial charge in [0.2, 0.25) is 10.0 Å². The van der Waals surface area contributed by atoms with E-state index in [4.69, 9.17) is 0 Å². The quantitative estimate of drug-likeness (QED) is 0.574. The summed E-state index contributed by atoms with van der Waals surface area (Å²) in [6.45, 7) is 2.95. The van der Waals surface area contributed by atoms with Crippen molar-refractivity contribution in [1.29, 1.82) is 0 Å². The van der Waals surface area contributed by atoms with Gasteiger partial charge in [-0.25, -0.2) is 13.2 Å². The maximum Gasteiger partial charge on any atom is 0.319 e. The van der Waals surface area contributed by atoms with Crippen molar-refractivity contribution < 1.29 is 13.2 Å². The highest BCUT2D eigenvalue weighted by Crippen LogP contribution is 2.15. The van der Waals surface area contributed by atoms with Gasteiger partial charge in [-0.3, -0.25) is 4.72 Å². The molecule has 0 saturated carbocycles. The molecule has 0 aliphatic heterocycles. The monoisotopic (exact) mass is 390 g/mol. The first kappa shape index (κ1) is 20.6. The van der Waals surface area contributed by atoms with Gasteiger partial charge in [-0.1, -0.05) is 18.2 Å². The second kappa shape index (κ2) is 9.82. The van der Waals surface area contributed by atoms with Crippen molar-refractivity contribution >= 4 is 33.1 Å². The molecule has 146 valence electrons. The van der Waals surface area contributed by atoms with Crippen LogP contribution in [-0.4, -0.2) is 40.3 Å². The van der Waals surface area contributed by atoms with Gasteiger partial charge in [-0.15, -0.1) is 0 Å². The topological polar surface area (TPSA) is 90.5 Å². The minimum Gasteiger partial charge on any atom is -0.375 e. The van der Waals surface area contributed by atoms with E-state index in [0.29, 0.717) is 17.9 Å². The first-order valence-electron chi connectivity index (χ1n) is 8.81. The summed E-state index contributed by atoms with van der Waals surface area (Å²) in [5.41, 5.74) is 2.20. The van der Waals surface area contributed by atoms with Gasteiger partial charge in [0, 0.05) is 37.2 Å². The number of carbonyl (C=O) groups excluding carboxylic acids is 1. The molecule has 3 N–H and O–H groups in total. The molecular formula is C19H26N4O3S. The fourth-order valence-corrected chi connectivity index (χ4v) is 3.02. The lowest BCUT2D eigenvalue weighted by molar-refractivity contribution is 0.252. The summed E-state index contributed by atoms with van der Waals surface area (Å²) in [5, 5.41) is 5.54. The minimum atomic E-state index is -3.30. The predicted octanol–water partition coefficient (Wildman–Crippen LogP) is 3.10. The number of rotatable bonds is 9. The summed E-state index contributed by atoms with van der Waals surface area (Å²) >= 11 is 0. The van der Waals surface area contributed by atoms with Crippen molar-refractivity contribution in [3.8, 4) is 0 Å². The fourth-order valence-electron chi connectivity index (χ4n) is 2.38. The van der Waals surface area contributed by atoms with Gasteiger partial charge >= 0.3 is 6.03 Å². The van der Waals surface area contributed by atoms with Crippen molar-refractivity contribution in [3.05, 3.63) is 54.6 Å². The third-order valence-corrected chi connectivity index (χ3v) is 5.26. The van der Waals surface area contributed by atoms with Crippen LogP contribution in [0.4, 0.5) is 21.9 Å². The molecule has 2 aromatic rings. The van der Waals surface area contributed by atoms with Crippen molar-refractivity contribution in [2.24, 2.45) is 0 Å². The van der Waals surface area contributed by atoms with Crippen LogP contribution in [0.15, 0.2) is 54.6 Å². The van der Waals surface area contributed by atoms with Gasteiger partial charge in [-0.05, 0) is 49.7 Å². The van der Waals surface area contributed by atoms with Crippen LogP contribution < -0.4 is 20.3 Å². The Kier molecular flexibility index (Phi) is 7.48. The summed E-state index contributed by atoms with van der Waals surface area (Å²) in [5.74, 6) is 0.00880. The predicted molar refractivity (Wildman–Crippen MR) is 111 cm³/mol. The first-order chi connectivity index (χ1) is 12.9. The van der Waals surface area contributed by atoms with Gasteiger partial charge < -0.3 is 15.5 Å². The lowest BCUT2D eigenvalue weighted by Crippen LogP contribution is -2.31. The molecule has 0 fully saturated rings. The second-order valence-electron chi connectivity index (χ2n) is 6.07. The Balaban J connectivity index is 1.71. The van der Waals surface area contributed by atoms with Crippen LogP contribution >= 0.6 is 0 Å². The average molecular weight is 391 g/mol. The summed E-state index contributed by atoms with van der Waals surface area (Å²) in [4.78, 5) is 14.1. The van der Waals surface area contributed by atoms with E-state index in [1.165, 1.54) is 0 Å². The smallest absolute Gasteiger partial charge is 0.319 e. The first-order valence-corrected chi connectivity index (χ1v) is 10.5. The van der Waals surface area contributed by atoms with Gasteiger partial charge in [0.25, 0.3) is 0 Å². The summed E-state index contributed by atoms with van der Waals surface area (Å²) in [6.07, 6.45) is 0.816. The highest BCUT2D eigenvalue weighted by atomic mass is 32.2. The Morgan fingerprint density at radius 2 is 1.63 bits per heavy atom. The van der Waals surface area contributed by atoms with E-state index in [1.807, 2.05) is 37.4 Å². The van der Waals surface area contributed by atoms with Crippen molar-refractivity contribution in [3.63, 3.8) is 0 Å². The largest absolute Gasteiger partial charge is 0.375 e. The van der Waals surface area contributed by atoms with Crippen LogP contribution in [0.1, 0.15) is 13.3 Å². The maximum atomic E-state index is 11.9. The van der Waals surface area contributed by atoms with E-state index in [1.54, 1.807) is 31.2 Å². The molecule has 27 heavy (non-hydrogen) atoms. The number of nitrogens with one attached hydrogen (secondary N) is 3. The molecule has 0 heterocycles. The van der Waals surface area contributed by atoms with Crippen LogP contribution in [0.5, 0.6) is 0 Å². The molecule has 0 aliphatic carbocycles. The maximum absolute atomic E-state index is 11.9. The number of anilines is 3. The fraction of sp³-hybridized carbons (Fsp3) is 0.316. The Labute approximate surface area is 160 Å². The van der Waals surface area contributed by atoms with Gasteiger partial charge in [0.1, 0.15) is 0 Å². The SMILES string of the molecule is CCS(=O)(=O)Nc1ccc(NC(=O)NCCCN(C)c2ccccc2)cc1. The number of para-hydroxylation sites is 1. The third-order valence-electron chi connectivity index (χ3n) is 3.95. The van der Waals surface area contributed by atoms with E-state index >= 15 is 0 Å². The summed E-state index contributed by atoms with van der Waals surface area (Å²) in [6, 6.07) is 16.3. The number of hydrogen-bond acceptors (Lipinski definition) is 4. The van der Waals surface area contributed by atoms with Crippen molar-refractivity contribution in [2.45, 2.75) is 13.3 Å². The molecule has 2 amide bonds. The van der Waals surface area contributed by atoms with E-state index < -0.39 is 10.0 Å². The highest BCUT2D eigenvalue weighted by molar-refractivity contribution is 7.92. The Bertz CT molecular complexity index is 824. The number of nitrogens with zero attached hydrogens (tertiary/aromatic N) is 1. The molecule has 0 aliphatic rings. The van der Waals surface area contributed by atoms with Crippen LogP contribution in [-0.2, 0) is 10.0 Å². The van der Waals surface area contributed by atoms with Crippen LogP contribution in [0.2, 0.25) is 0 Å². The normalized spacial score (nSPS) is 10.9. The van der Waals surface area contributed by atoms with Gasteiger partial charge in [0.05, 0.1) is 5.75 Å². The van der Waals surface area contributed by atoms with E-state index in [-0.39, 0.29) is 11.8 Å². The average Bonchev–Trinajstić information content (AvgIpc) is 2.67. The molecule has 2 rings (SSSR count). The zero-order chi connectivity index (χ0) is 19.7. The Morgan fingerprint density at radius 3 is 2.26 bits per heavy atom. The zero-order valence-corrected chi connectivity index (χ0v) is 16.4. The number of amides is 2. The number of urea groups is 1. The number of carbonyl (C=O) groups is 1. The summed E-state index contributed by atoms with van der Waals surface area (Å²) in [7, 11) is -1.29. The molecule has 7 nitrogen and oxygen atoms in total. The molecule has 2 aromatic carbocycles. The van der Waals surface area contributed by atoms with Crippen LogP contribution in [0.3, 0.4) is 0 Å². The molecule has 0 radical (unpaired) electrons. The van der Waals surface area contributed by atoms with E-state index in [9.17, 15) is 13.2 Å². The third kappa shape index (κ3) is 7.18. The number of sulfonamides is 1. The Morgan fingerprint density at radius 1 is 1.00 bits per heavy atom. The minimum absolute atomic E-state index is 0.00880. The number of hydrogen-bond donors (Lipinski definition) is 3. The van der Waals surface area contributed by atoms with E-state index in [0.717, 1.165) is 18.7 Å². The summed E-state index contributed by atoms with van der Waals surface area (Å²) < 4.78 is 25.5. The molecule has 0 saturated heterocycles. The van der Waals surface area contributed by atoms with Crippen molar-refractivity contribution in [2.75, 3.05) is 40.8 Å². The van der Waals surface area contributed by atoms with Crippen LogP contribution in [0.25, 0.3) is 0 Å². The molecule has 0 atom stereocenters. The standard InChI is InChI=1S/C19H26N4O3S/c1-3-27(25,26)22-17-12-10-16(11-13-17)21-19(24)20-14-7-15-23(2)18-8-5-4-6-9-18/h4-6,8-13,22H,3,7,14-15H2,1-2H3,(H2,20,21,24). The molecule has 8 heteroatoms. The molecule has 0 aromatic heterocycles. The zero-order valence-electron chi connectivity index (χ0n) is 15.6. The Hall–Kier alpha value is -2.74. The highest BCUT2D eigenvalue weighted by Gasteiger charge is 2.07. The van der Waals surface area contributed by atoms with Crippen LogP contribution in [0, 0.1) is 0 Å². The van der Waals surface area contributed by atoms with E-state index in [2.05, 4.69) is 20.3 Å². The molecule has 0 unspecified atom stereocenters. The molecule has 0 spiro atoms. The lowest BCUT2D eigenvalue weighted by Gasteiger charge is -2.19. The molecular weight excluding hydrogens is 364 g/mol. The second-order valence-corrected chi connectivity index (χ2v) is 8.09. The van der Waals surface area contributed by atoms with Gasteiger partial charge in [0.15, 0.2) is 0 Å². The molecule has 0 bridgehead atoms.